The van der Waals surface area contributed by atoms with Crippen LogP contribution in [0.5, 0.6) is 0 Å². The smallest absolute Gasteiger partial charge is 0.249 e. The molecule has 0 saturated heterocycles. The number of thiol groups is 1. The lowest BCUT2D eigenvalue weighted by Crippen LogP contribution is -2.12. The SMILES string of the molecule is Cc1cc(Br)cc(C(N)=O)c1S. The Hall–Kier alpha value is -0.480. The summed E-state index contributed by atoms with van der Waals surface area (Å²) in [5.41, 5.74) is 6.52. The summed E-state index contributed by atoms with van der Waals surface area (Å²) in [5, 5.41) is 0. The summed E-state index contributed by atoms with van der Waals surface area (Å²) in [7, 11) is 0. The highest BCUT2D eigenvalue weighted by atomic mass is 79.9. The van der Waals surface area contributed by atoms with Gasteiger partial charge in [-0.05, 0) is 24.6 Å². The van der Waals surface area contributed by atoms with Crippen molar-refractivity contribution in [3.05, 3.63) is 27.7 Å². The van der Waals surface area contributed by atoms with Gasteiger partial charge in [-0.15, -0.1) is 12.6 Å². The number of carbonyl (C=O) groups is 1. The Morgan fingerprint density at radius 3 is 2.67 bits per heavy atom. The summed E-state index contributed by atoms with van der Waals surface area (Å²) >= 11 is 7.45. The fraction of sp³-hybridized carbons (Fsp3) is 0.125. The molecule has 0 bridgehead atoms. The summed E-state index contributed by atoms with van der Waals surface area (Å²) in [6.45, 7) is 1.87. The monoisotopic (exact) mass is 245 g/mol. The normalized spacial score (nSPS) is 9.92. The number of benzene rings is 1. The van der Waals surface area contributed by atoms with Gasteiger partial charge in [0.15, 0.2) is 0 Å². The molecule has 0 unspecified atom stereocenters. The van der Waals surface area contributed by atoms with Crippen molar-refractivity contribution in [1.29, 1.82) is 0 Å². The highest BCUT2D eigenvalue weighted by molar-refractivity contribution is 9.10. The summed E-state index contributed by atoms with van der Waals surface area (Å²) in [6, 6.07) is 3.55. The van der Waals surface area contributed by atoms with Crippen LogP contribution in [0.2, 0.25) is 0 Å². The average molecular weight is 246 g/mol. The summed E-state index contributed by atoms with van der Waals surface area (Å²) in [4.78, 5) is 11.5. The zero-order chi connectivity index (χ0) is 9.30. The molecular formula is C8H8BrNOS. The van der Waals surface area contributed by atoms with E-state index in [-0.39, 0.29) is 0 Å². The molecule has 2 N–H and O–H groups in total. The molecule has 1 aromatic carbocycles. The Bertz CT molecular complexity index is 338. The molecule has 0 radical (unpaired) electrons. The van der Waals surface area contributed by atoms with Crippen molar-refractivity contribution in [2.24, 2.45) is 5.73 Å². The van der Waals surface area contributed by atoms with Crippen molar-refractivity contribution in [2.75, 3.05) is 0 Å². The van der Waals surface area contributed by atoms with Gasteiger partial charge in [0.25, 0.3) is 0 Å². The number of amides is 1. The molecule has 1 rings (SSSR count). The molecule has 0 heterocycles. The molecule has 12 heavy (non-hydrogen) atoms. The molecular weight excluding hydrogens is 238 g/mol. The molecule has 0 aliphatic carbocycles. The van der Waals surface area contributed by atoms with E-state index in [4.69, 9.17) is 5.73 Å². The Labute approximate surface area is 84.7 Å². The van der Waals surface area contributed by atoms with E-state index in [2.05, 4.69) is 28.6 Å². The lowest BCUT2D eigenvalue weighted by Gasteiger charge is -2.04. The molecule has 4 heteroatoms. The van der Waals surface area contributed by atoms with E-state index in [1.807, 2.05) is 13.0 Å². The topological polar surface area (TPSA) is 43.1 Å². The molecule has 0 aliphatic rings. The number of aryl methyl sites for hydroxylation is 1. The van der Waals surface area contributed by atoms with Gasteiger partial charge in [-0.2, -0.15) is 0 Å². The van der Waals surface area contributed by atoms with E-state index in [9.17, 15) is 4.79 Å². The molecule has 0 fully saturated rings. The molecule has 2 nitrogen and oxygen atoms in total. The highest BCUT2D eigenvalue weighted by Crippen LogP contribution is 2.23. The third kappa shape index (κ3) is 1.81. The zero-order valence-electron chi connectivity index (χ0n) is 6.47. The maximum atomic E-state index is 10.9. The zero-order valence-corrected chi connectivity index (χ0v) is 8.95. The Morgan fingerprint density at radius 2 is 2.17 bits per heavy atom. The number of hydrogen-bond acceptors (Lipinski definition) is 2. The number of hydrogen-bond donors (Lipinski definition) is 2. The Morgan fingerprint density at radius 1 is 1.58 bits per heavy atom. The van der Waals surface area contributed by atoms with Crippen LogP contribution in [0.1, 0.15) is 15.9 Å². The van der Waals surface area contributed by atoms with Crippen LogP contribution in [0.15, 0.2) is 21.5 Å². The first-order valence-corrected chi connectivity index (χ1v) is 4.55. The first kappa shape index (κ1) is 9.61. The van der Waals surface area contributed by atoms with Crippen molar-refractivity contribution >= 4 is 34.5 Å². The minimum absolute atomic E-state index is 0.449. The van der Waals surface area contributed by atoms with Crippen LogP contribution in [0, 0.1) is 6.92 Å². The van der Waals surface area contributed by atoms with Crippen LogP contribution >= 0.6 is 28.6 Å². The molecule has 1 aromatic rings. The third-order valence-corrected chi connectivity index (χ3v) is 2.58. The maximum Gasteiger partial charge on any atom is 0.249 e. The fourth-order valence-electron chi connectivity index (χ4n) is 0.923. The van der Waals surface area contributed by atoms with Gasteiger partial charge in [0.2, 0.25) is 5.91 Å². The first-order valence-electron chi connectivity index (χ1n) is 3.31. The standard InChI is InChI=1S/C8H8BrNOS/c1-4-2-5(9)3-6(7(4)12)8(10)11/h2-3,12H,1H3,(H2,10,11). The van der Waals surface area contributed by atoms with E-state index >= 15 is 0 Å². The van der Waals surface area contributed by atoms with Gasteiger partial charge in [-0.3, -0.25) is 4.79 Å². The van der Waals surface area contributed by atoms with E-state index in [0.29, 0.717) is 10.5 Å². The highest BCUT2D eigenvalue weighted by Gasteiger charge is 2.08. The second kappa shape index (κ2) is 3.49. The first-order chi connectivity index (χ1) is 5.52. The number of primary amides is 1. The van der Waals surface area contributed by atoms with Crippen molar-refractivity contribution in [3.63, 3.8) is 0 Å². The molecule has 0 saturated carbocycles. The predicted octanol–water partition coefficient (Wildman–Crippen LogP) is 2.15. The van der Waals surface area contributed by atoms with Crippen LogP contribution < -0.4 is 5.73 Å². The number of carbonyl (C=O) groups excluding carboxylic acids is 1. The van der Waals surface area contributed by atoms with Crippen molar-refractivity contribution < 1.29 is 4.79 Å². The van der Waals surface area contributed by atoms with Crippen molar-refractivity contribution in [3.8, 4) is 0 Å². The fourth-order valence-corrected chi connectivity index (χ4v) is 1.73. The predicted molar refractivity (Wildman–Crippen MR) is 54.6 cm³/mol. The van der Waals surface area contributed by atoms with Crippen molar-refractivity contribution in [2.45, 2.75) is 11.8 Å². The Kier molecular flexibility index (Phi) is 2.80. The second-order valence-electron chi connectivity index (χ2n) is 2.48. The second-order valence-corrected chi connectivity index (χ2v) is 3.85. The number of halogens is 1. The van der Waals surface area contributed by atoms with Gasteiger partial charge < -0.3 is 5.73 Å². The van der Waals surface area contributed by atoms with Crippen LogP contribution in [-0.2, 0) is 0 Å². The van der Waals surface area contributed by atoms with Crippen molar-refractivity contribution in [1.82, 2.24) is 0 Å². The maximum absolute atomic E-state index is 10.9. The summed E-state index contributed by atoms with van der Waals surface area (Å²) < 4.78 is 0.839. The largest absolute Gasteiger partial charge is 0.366 e. The van der Waals surface area contributed by atoms with Gasteiger partial charge in [-0.1, -0.05) is 15.9 Å². The van der Waals surface area contributed by atoms with E-state index in [1.165, 1.54) is 0 Å². The van der Waals surface area contributed by atoms with Gasteiger partial charge >= 0.3 is 0 Å². The molecule has 0 aromatic heterocycles. The van der Waals surface area contributed by atoms with E-state index in [1.54, 1.807) is 6.07 Å². The lowest BCUT2D eigenvalue weighted by molar-refractivity contribution is 0.0997. The molecule has 0 atom stereocenters. The molecule has 64 valence electrons. The van der Waals surface area contributed by atoms with Crippen LogP contribution in [0.25, 0.3) is 0 Å². The van der Waals surface area contributed by atoms with Crippen LogP contribution in [0.3, 0.4) is 0 Å². The summed E-state index contributed by atoms with van der Waals surface area (Å²) in [5.74, 6) is -0.454. The molecule has 1 amide bonds. The molecule has 0 spiro atoms. The summed E-state index contributed by atoms with van der Waals surface area (Å²) in [6.07, 6.45) is 0. The van der Waals surface area contributed by atoms with Crippen LogP contribution in [0.4, 0.5) is 0 Å². The minimum Gasteiger partial charge on any atom is -0.366 e. The Balaban J connectivity index is 3.37. The average Bonchev–Trinajstić information content (AvgIpc) is 1.96. The lowest BCUT2D eigenvalue weighted by atomic mass is 10.1. The van der Waals surface area contributed by atoms with Crippen LogP contribution in [-0.4, -0.2) is 5.91 Å². The number of rotatable bonds is 1. The van der Waals surface area contributed by atoms with Gasteiger partial charge in [0, 0.05) is 9.37 Å². The number of nitrogens with two attached hydrogens (primary N) is 1. The quantitative estimate of drug-likeness (QED) is 0.732. The molecule has 0 aliphatic heterocycles. The minimum atomic E-state index is -0.454. The van der Waals surface area contributed by atoms with E-state index in [0.717, 1.165) is 10.0 Å². The van der Waals surface area contributed by atoms with Gasteiger partial charge in [0.1, 0.15) is 0 Å². The third-order valence-electron chi connectivity index (χ3n) is 1.53. The van der Waals surface area contributed by atoms with E-state index < -0.39 is 5.91 Å². The van der Waals surface area contributed by atoms with Gasteiger partial charge in [-0.25, -0.2) is 0 Å². The van der Waals surface area contributed by atoms with Gasteiger partial charge in [0.05, 0.1) is 5.56 Å².